The average molecular weight is 910 g/mol. The summed E-state index contributed by atoms with van der Waals surface area (Å²) in [5.74, 6) is -0.556. The number of aliphatic hydroxyl groups excluding tert-OH is 7. The molecule has 9 N–H and O–H groups in total. The highest BCUT2D eigenvalue weighted by molar-refractivity contribution is 7.47. The van der Waals surface area contributed by atoms with Gasteiger partial charge in [-0.2, -0.15) is 0 Å². The number of carbonyl (C=O) groups excluding carboxylic acids is 1. The number of hydrogen-bond acceptors (Lipinski definition) is 11. The van der Waals surface area contributed by atoms with Crippen molar-refractivity contribution in [3.8, 4) is 0 Å². The summed E-state index contributed by atoms with van der Waals surface area (Å²) in [6.07, 6.45) is 25.9. The molecular formula is C48H96NO12P. The van der Waals surface area contributed by atoms with Gasteiger partial charge >= 0.3 is 7.82 Å². The van der Waals surface area contributed by atoms with Gasteiger partial charge in [-0.1, -0.05) is 219 Å². The standard InChI is InChI=1S/C48H96NO12P/c1-3-5-7-9-11-13-15-16-17-18-19-20-21-22-23-24-26-27-29-31-33-35-39(50)37-42(52)49-40(41(51)36-34-32-30-28-25-14-12-10-8-6-4-2)38-60-62(58,59)61-48-46(56)44(54)43(53)45(55)47(48)57/h39-41,43-48,50-51,53-57H,3-38H2,1-2H3,(H,49,52)(H,58,59). The fourth-order valence-corrected chi connectivity index (χ4v) is 9.51. The summed E-state index contributed by atoms with van der Waals surface area (Å²) in [6, 6.07) is -1.15. The van der Waals surface area contributed by atoms with Crippen LogP contribution in [0, 0.1) is 0 Å². The van der Waals surface area contributed by atoms with Crippen LogP contribution in [-0.2, 0) is 18.4 Å². The number of amides is 1. The molecule has 0 aromatic heterocycles. The van der Waals surface area contributed by atoms with Gasteiger partial charge in [0, 0.05) is 0 Å². The predicted octanol–water partition coefficient (Wildman–Crippen LogP) is 9.21. The molecule has 13 nitrogen and oxygen atoms in total. The minimum absolute atomic E-state index is 0.216. The van der Waals surface area contributed by atoms with E-state index >= 15 is 0 Å². The Balaban J connectivity index is 2.38. The van der Waals surface area contributed by atoms with E-state index in [2.05, 4.69) is 19.2 Å². The van der Waals surface area contributed by atoms with E-state index < -0.39 is 75.2 Å². The third-order valence-corrected chi connectivity index (χ3v) is 13.7. The second-order valence-electron chi connectivity index (χ2n) is 18.6. The van der Waals surface area contributed by atoms with Gasteiger partial charge in [-0.15, -0.1) is 0 Å². The molecule has 1 saturated carbocycles. The third-order valence-electron chi connectivity index (χ3n) is 12.7. The van der Waals surface area contributed by atoms with Crippen molar-refractivity contribution in [3.63, 3.8) is 0 Å². The molecule has 1 aliphatic carbocycles. The topological polar surface area (TPSA) is 226 Å². The first-order valence-corrected chi connectivity index (χ1v) is 27.1. The molecule has 1 fully saturated rings. The minimum Gasteiger partial charge on any atom is -0.393 e. The molecule has 0 radical (unpaired) electrons. The van der Waals surface area contributed by atoms with E-state index in [0.29, 0.717) is 12.8 Å². The molecule has 1 rings (SSSR count). The van der Waals surface area contributed by atoms with Gasteiger partial charge in [-0.05, 0) is 12.8 Å². The van der Waals surface area contributed by atoms with Crippen molar-refractivity contribution >= 4 is 13.7 Å². The highest BCUT2D eigenvalue weighted by Gasteiger charge is 2.51. The van der Waals surface area contributed by atoms with Gasteiger partial charge in [0.05, 0.1) is 31.3 Å². The summed E-state index contributed by atoms with van der Waals surface area (Å²) < 4.78 is 22.9. The SMILES string of the molecule is CCCCCCCCCCCCCCCCCCCCCCCC(O)CC(=O)NC(COP(=O)(O)OC1C(O)C(O)C(O)C(O)C1O)C(O)CCCCCCCCCCCCC. The Hall–Kier alpha value is -0.700. The lowest BCUT2D eigenvalue weighted by atomic mass is 9.85. The number of rotatable bonds is 43. The smallest absolute Gasteiger partial charge is 0.393 e. The van der Waals surface area contributed by atoms with Crippen molar-refractivity contribution < 1.29 is 59.0 Å². The first-order chi connectivity index (χ1) is 29.8. The van der Waals surface area contributed by atoms with Gasteiger partial charge in [0.25, 0.3) is 0 Å². The average Bonchev–Trinajstić information content (AvgIpc) is 3.24. The van der Waals surface area contributed by atoms with E-state index in [0.717, 1.165) is 51.4 Å². The lowest BCUT2D eigenvalue weighted by Gasteiger charge is -2.41. The molecule has 14 heteroatoms. The number of aliphatic hydroxyl groups is 7. The lowest BCUT2D eigenvalue weighted by molar-refractivity contribution is -0.220. The van der Waals surface area contributed by atoms with Crippen LogP contribution in [0.3, 0.4) is 0 Å². The van der Waals surface area contributed by atoms with Gasteiger partial charge in [0.15, 0.2) is 0 Å². The zero-order chi connectivity index (χ0) is 45.9. The van der Waals surface area contributed by atoms with Gasteiger partial charge in [-0.25, -0.2) is 4.57 Å². The van der Waals surface area contributed by atoms with Crippen molar-refractivity contribution in [2.75, 3.05) is 6.61 Å². The summed E-state index contributed by atoms with van der Waals surface area (Å²) >= 11 is 0. The van der Waals surface area contributed by atoms with Crippen LogP contribution in [0.25, 0.3) is 0 Å². The summed E-state index contributed by atoms with van der Waals surface area (Å²) in [5.41, 5.74) is 0. The molecule has 0 heterocycles. The van der Waals surface area contributed by atoms with Crippen LogP contribution in [0.2, 0.25) is 0 Å². The molecule has 1 aliphatic rings. The van der Waals surface area contributed by atoms with E-state index in [1.807, 2.05) is 0 Å². The van der Waals surface area contributed by atoms with Crippen LogP contribution in [0.5, 0.6) is 0 Å². The monoisotopic (exact) mass is 910 g/mol. The molecule has 0 aliphatic heterocycles. The normalized spacial score (nSPS) is 22.9. The molecule has 1 amide bonds. The Morgan fingerprint density at radius 1 is 0.500 bits per heavy atom. The van der Waals surface area contributed by atoms with Crippen LogP contribution in [0.1, 0.15) is 239 Å². The van der Waals surface area contributed by atoms with E-state index in [1.165, 1.54) is 148 Å². The molecule has 0 spiro atoms. The first kappa shape index (κ1) is 59.3. The van der Waals surface area contributed by atoms with Gasteiger partial charge in [0.2, 0.25) is 5.91 Å². The molecule has 0 saturated heterocycles. The summed E-state index contributed by atoms with van der Waals surface area (Å²) in [7, 11) is -5.11. The first-order valence-electron chi connectivity index (χ1n) is 25.6. The quantitative estimate of drug-likeness (QED) is 0.0206. The molecule has 62 heavy (non-hydrogen) atoms. The molecule has 0 aromatic carbocycles. The maximum Gasteiger partial charge on any atom is 0.472 e. The predicted molar refractivity (Wildman–Crippen MR) is 248 cm³/mol. The third kappa shape index (κ3) is 29.8. The second kappa shape index (κ2) is 38.4. The number of nitrogens with one attached hydrogen (secondary N) is 1. The summed E-state index contributed by atoms with van der Waals surface area (Å²) in [4.78, 5) is 23.5. The maximum atomic E-state index is 13.0. The van der Waals surface area contributed by atoms with Crippen molar-refractivity contribution in [2.24, 2.45) is 0 Å². The van der Waals surface area contributed by atoms with Gasteiger partial charge in [-0.3, -0.25) is 13.8 Å². The molecule has 370 valence electrons. The Bertz CT molecular complexity index is 1070. The second-order valence-corrected chi connectivity index (χ2v) is 20.0. The number of carbonyl (C=O) groups is 1. The van der Waals surface area contributed by atoms with E-state index in [-0.39, 0.29) is 12.8 Å². The van der Waals surface area contributed by atoms with Crippen LogP contribution in [-0.4, -0.2) is 108 Å². The zero-order valence-electron chi connectivity index (χ0n) is 39.3. The summed E-state index contributed by atoms with van der Waals surface area (Å²) in [5, 5.41) is 74.7. The van der Waals surface area contributed by atoms with Crippen molar-refractivity contribution in [1.82, 2.24) is 5.32 Å². The molecule has 0 aromatic rings. The van der Waals surface area contributed by atoms with Crippen LogP contribution in [0.15, 0.2) is 0 Å². The maximum absolute atomic E-state index is 13.0. The fraction of sp³-hybridized carbons (Fsp3) is 0.979. The summed E-state index contributed by atoms with van der Waals surface area (Å²) in [6.45, 7) is 3.80. The minimum atomic E-state index is -5.11. The van der Waals surface area contributed by atoms with Gasteiger partial charge in [0.1, 0.15) is 36.6 Å². The van der Waals surface area contributed by atoms with Crippen LogP contribution < -0.4 is 5.32 Å². The lowest BCUT2D eigenvalue weighted by Crippen LogP contribution is -2.64. The Morgan fingerprint density at radius 3 is 1.16 bits per heavy atom. The van der Waals surface area contributed by atoms with Gasteiger partial charge < -0.3 is 46.0 Å². The Morgan fingerprint density at radius 2 is 0.806 bits per heavy atom. The zero-order valence-corrected chi connectivity index (χ0v) is 40.2. The van der Waals surface area contributed by atoms with Crippen LogP contribution in [0.4, 0.5) is 0 Å². The number of phosphoric ester groups is 1. The molecule has 8 unspecified atom stereocenters. The Labute approximate surface area is 377 Å². The van der Waals surface area contributed by atoms with E-state index in [1.54, 1.807) is 0 Å². The molecule has 0 bridgehead atoms. The van der Waals surface area contributed by atoms with Crippen LogP contribution >= 0.6 is 7.82 Å². The van der Waals surface area contributed by atoms with E-state index in [4.69, 9.17) is 9.05 Å². The Kier molecular flexibility index (Phi) is 36.7. The van der Waals surface area contributed by atoms with E-state index in [9.17, 15) is 50.0 Å². The highest BCUT2D eigenvalue weighted by Crippen LogP contribution is 2.47. The van der Waals surface area contributed by atoms with Crippen molar-refractivity contribution in [3.05, 3.63) is 0 Å². The highest BCUT2D eigenvalue weighted by atomic mass is 31.2. The fourth-order valence-electron chi connectivity index (χ4n) is 8.54. The largest absolute Gasteiger partial charge is 0.472 e. The number of unbranched alkanes of at least 4 members (excludes halogenated alkanes) is 30. The number of phosphoric acid groups is 1. The number of hydrogen-bond donors (Lipinski definition) is 9. The molecular weight excluding hydrogens is 813 g/mol. The van der Waals surface area contributed by atoms with Crippen molar-refractivity contribution in [1.29, 1.82) is 0 Å². The van der Waals surface area contributed by atoms with Crippen molar-refractivity contribution in [2.45, 2.75) is 293 Å². The molecule has 8 atom stereocenters.